The Kier molecular flexibility index (Phi) is 5.99. The molecule has 0 aliphatic rings. The van der Waals surface area contributed by atoms with Crippen LogP contribution in [0.25, 0.3) is 10.9 Å². The van der Waals surface area contributed by atoms with Gasteiger partial charge in [0.05, 0.1) is 7.11 Å². The number of ether oxygens (including phenoxy) is 2. The van der Waals surface area contributed by atoms with Crippen LogP contribution in [0.1, 0.15) is 16.7 Å². The molecule has 6 nitrogen and oxygen atoms in total. The Hall–Kier alpha value is -3.28. The molecule has 1 amide bonds. The third-order valence-electron chi connectivity index (χ3n) is 4.83. The van der Waals surface area contributed by atoms with Gasteiger partial charge in [-0.1, -0.05) is 30.3 Å². The average molecular weight is 380 g/mol. The number of methoxy groups -OCH3 is 1. The van der Waals surface area contributed by atoms with Gasteiger partial charge in [0, 0.05) is 23.5 Å². The van der Waals surface area contributed by atoms with Crippen molar-refractivity contribution < 1.29 is 19.1 Å². The molecule has 28 heavy (non-hydrogen) atoms. The molecule has 0 aliphatic heterocycles. The van der Waals surface area contributed by atoms with Crippen molar-refractivity contribution >= 4 is 22.8 Å². The van der Waals surface area contributed by atoms with Gasteiger partial charge in [0.15, 0.2) is 6.61 Å². The number of aryl methyl sites for hydroxylation is 1. The highest BCUT2D eigenvalue weighted by Gasteiger charge is 2.23. The largest absolute Gasteiger partial charge is 0.483 e. The Morgan fingerprint density at radius 3 is 2.68 bits per heavy atom. The second kappa shape index (κ2) is 8.61. The Morgan fingerprint density at radius 2 is 1.89 bits per heavy atom. The molecule has 0 spiro atoms. The first-order valence-corrected chi connectivity index (χ1v) is 9.10. The molecule has 1 atom stereocenters. The number of benzene rings is 2. The fraction of sp³-hybridized carbons (Fsp3) is 0.273. The molecule has 0 saturated heterocycles. The predicted molar refractivity (Wildman–Crippen MR) is 107 cm³/mol. The van der Waals surface area contributed by atoms with Crippen LogP contribution < -0.4 is 10.1 Å². The smallest absolute Gasteiger partial charge is 0.328 e. The van der Waals surface area contributed by atoms with Crippen molar-refractivity contribution in [2.75, 3.05) is 13.7 Å². The molecule has 2 N–H and O–H groups in total. The van der Waals surface area contributed by atoms with Crippen LogP contribution in [0, 0.1) is 13.8 Å². The molecule has 0 aliphatic carbocycles. The quantitative estimate of drug-likeness (QED) is 0.618. The number of carbonyl (C=O) groups is 2. The molecule has 3 rings (SSSR count). The summed E-state index contributed by atoms with van der Waals surface area (Å²) in [4.78, 5) is 27.8. The van der Waals surface area contributed by atoms with Crippen LogP contribution in [-0.2, 0) is 20.7 Å². The molecule has 0 bridgehead atoms. The van der Waals surface area contributed by atoms with Crippen LogP contribution in [-0.4, -0.2) is 36.6 Å². The van der Waals surface area contributed by atoms with Gasteiger partial charge in [-0.25, -0.2) is 4.79 Å². The minimum Gasteiger partial charge on any atom is -0.483 e. The third kappa shape index (κ3) is 4.34. The lowest BCUT2D eigenvalue weighted by molar-refractivity contribution is -0.145. The molecule has 0 unspecified atom stereocenters. The summed E-state index contributed by atoms with van der Waals surface area (Å²) in [6, 6.07) is 12.7. The molecular weight excluding hydrogens is 356 g/mol. The number of fused-ring (bicyclic) bond motifs is 1. The van der Waals surface area contributed by atoms with Gasteiger partial charge in [0.25, 0.3) is 5.91 Å². The van der Waals surface area contributed by atoms with Gasteiger partial charge in [-0.3, -0.25) is 4.79 Å². The molecule has 0 saturated carbocycles. The van der Waals surface area contributed by atoms with Crippen molar-refractivity contribution in [1.82, 2.24) is 10.3 Å². The van der Waals surface area contributed by atoms with Gasteiger partial charge >= 0.3 is 5.97 Å². The third-order valence-corrected chi connectivity index (χ3v) is 4.83. The molecule has 0 radical (unpaired) electrons. The number of para-hydroxylation sites is 1. The van der Waals surface area contributed by atoms with E-state index in [1.54, 1.807) is 0 Å². The molecule has 1 heterocycles. The molecule has 2 aromatic carbocycles. The summed E-state index contributed by atoms with van der Waals surface area (Å²) in [5, 5.41) is 3.73. The predicted octanol–water partition coefficient (Wildman–Crippen LogP) is 3.06. The number of amides is 1. The Morgan fingerprint density at radius 1 is 1.11 bits per heavy atom. The second-order valence-electron chi connectivity index (χ2n) is 6.69. The van der Waals surface area contributed by atoms with E-state index in [4.69, 9.17) is 9.47 Å². The van der Waals surface area contributed by atoms with Crippen molar-refractivity contribution in [3.63, 3.8) is 0 Å². The maximum absolute atomic E-state index is 12.4. The van der Waals surface area contributed by atoms with E-state index in [9.17, 15) is 9.59 Å². The van der Waals surface area contributed by atoms with E-state index in [-0.39, 0.29) is 12.5 Å². The number of rotatable bonds is 7. The van der Waals surface area contributed by atoms with Crippen molar-refractivity contribution in [2.45, 2.75) is 26.3 Å². The van der Waals surface area contributed by atoms with Crippen LogP contribution in [0.4, 0.5) is 0 Å². The summed E-state index contributed by atoms with van der Waals surface area (Å²) < 4.78 is 10.5. The van der Waals surface area contributed by atoms with E-state index in [2.05, 4.69) is 10.3 Å². The standard InChI is InChI=1S/C22H24N2O4/c1-14-7-6-10-20(15(14)2)28-13-21(25)24-19(22(26)27-3)11-16-12-23-18-9-5-4-8-17(16)18/h4-10,12,19,23H,11,13H2,1-3H3,(H,24,25)/t19-/m1/s1. The number of carbonyl (C=O) groups excluding carboxylic acids is 2. The van der Waals surface area contributed by atoms with E-state index in [1.165, 1.54) is 7.11 Å². The van der Waals surface area contributed by atoms with Gasteiger partial charge in [0.1, 0.15) is 11.8 Å². The molecular formula is C22H24N2O4. The summed E-state index contributed by atoms with van der Waals surface area (Å²) in [7, 11) is 1.31. The number of hydrogen-bond donors (Lipinski definition) is 2. The van der Waals surface area contributed by atoms with Crippen molar-refractivity contribution in [1.29, 1.82) is 0 Å². The zero-order chi connectivity index (χ0) is 20.1. The van der Waals surface area contributed by atoms with Gasteiger partial charge in [-0.2, -0.15) is 0 Å². The van der Waals surface area contributed by atoms with Crippen molar-refractivity contribution in [3.05, 3.63) is 65.4 Å². The normalized spacial score (nSPS) is 11.8. The number of esters is 1. The zero-order valence-corrected chi connectivity index (χ0v) is 16.2. The summed E-state index contributed by atoms with van der Waals surface area (Å²) >= 11 is 0. The highest BCUT2D eigenvalue weighted by atomic mass is 16.5. The van der Waals surface area contributed by atoms with E-state index < -0.39 is 12.0 Å². The fourth-order valence-electron chi connectivity index (χ4n) is 3.12. The number of aromatic nitrogens is 1. The number of nitrogens with one attached hydrogen (secondary N) is 2. The monoisotopic (exact) mass is 380 g/mol. The van der Waals surface area contributed by atoms with Crippen molar-refractivity contribution in [3.8, 4) is 5.75 Å². The highest BCUT2D eigenvalue weighted by Crippen LogP contribution is 2.21. The highest BCUT2D eigenvalue weighted by molar-refractivity contribution is 5.87. The fourth-order valence-corrected chi connectivity index (χ4v) is 3.12. The van der Waals surface area contributed by atoms with Crippen LogP contribution in [0.3, 0.4) is 0 Å². The second-order valence-corrected chi connectivity index (χ2v) is 6.69. The van der Waals surface area contributed by atoms with Crippen molar-refractivity contribution in [2.24, 2.45) is 0 Å². The first kappa shape index (κ1) is 19.5. The SMILES string of the molecule is COC(=O)[C@@H](Cc1c[nH]c2ccccc12)NC(=O)COc1cccc(C)c1C. The lowest BCUT2D eigenvalue weighted by Crippen LogP contribution is -2.44. The molecule has 146 valence electrons. The van der Waals surface area contributed by atoms with Gasteiger partial charge in [0.2, 0.25) is 0 Å². The van der Waals surface area contributed by atoms with E-state index >= 15 is 0 Å². The van der Waals surface area contributed by atoms with E-state index in [0.717, 1.165) is 27.6 Å². The Balaban J connectivity index is 1.67. The number of H-pyrrole nitrogens is 1. The number of hydrogen-bond acceptors (Lipinski definition) is 4. The first-order chi connectivity index (χ1) is 13.5. The Bertz CT molecular complexity index is 993. The van der Waals surface area contributed by atoms with Crippen LogP contribution in [0.5, 0.6) is 5.75 Å². The topological polar surface area (TPSA) is 80.4 Å². The Labute approximate surface area is 163 Å². The lowest BCUT2D eigenvalue weighted by Gasteiger charge is -2.17. The molecule has 6 heteroatoms. The molecule has 1 aromatic heterocycles. The van der Waals surface area contributed by atoms with Gasteiger partial charge in [-0.05, 0) is 42.7 Å². The van der Waals surface area contributed by atoms with E-state index in [0.29, 0.717) is 12.2 Å². The van der Waals surface area contributed by atoms with Crippen LogP contribution in [0.15, 0.2) is 48.7 Å². The van der Waals surface area contributed by atoms with Crippen LogP contribution in [0.2, 0.25) is 0 Å². The van der Waals surface area contributed by atoms with Gasteiger partial charge in [-0.15, -0.1) is 0 Å². The summed E-state index contributed by atoms with van der Waals surface area (Å²) in [6.45, 7) is 3.75. The maximum atomic E-state index is 12.4. The number of aromatic amines is 1. The van der Waals surface area contributed by atoms with Crippen LogP contribution >= 0.6 is 0 Å². The minimum absolute atomic E-state index is 0.175. The lowest BCUT2D eigenvalue weighted by atomic mass is 10.0. The molecule has 3 aromatic rings. The summed E-state index contributed by atoms with van der Waals surface area (Å²) in [6.07, 6.45) is 2.17. The molecule has 0 fully saturated rings. The zero-order valence-electron chi connectivity index (χ0n) is 16.2. The minimum atomic E-state index is -0.793. The summed E-state index contributed by atoms with van der Waals surface area (Å²) in [5.74, 6) is -0.220. The average Bonchev–Trinajstić information content (AvgIpc) is 3.11. The summed E-state index contributed by atoms with van der Waals surface area (Å²) in [5.41, 5.74) is 3.98. The first-order valence-electron chi connectivity index (χ1n) is 9.10. The van der Waals surface area contributed by atoms with E-state index in [1.807, 2.05) is 62.5 Å². The maximum Gasteiger partial charge on any atom is 0.328 e. The van der Waals surface area contributed by atoms with Gasteiger partial charge < -0.3 is 19.8 Å².